The molecule has 0 radical (unpaired) electrons. The SMILES string of the molecule is CN(C#N)C(=O)C1(NC(=O)c2ccc(S(=O)(=O)N3CCN(C(=O)OC(C)(C)C)CC3)cc2)CCCCC1. The highest BCUT2D eigenvalue weighted by molar-refractivity contribution is 7.89. The normalized spacial score (nSPS) is 18.4. The van der Waals surface area contributed by atoms with Crippen molar-refractivity contribution < 1.29 is 27.5 Å². The maximum atomic E-state index is 13.1. The molecule has 0 bridgehead atoms. The molecule has 11 nitrogen and oxygen atoms in total. The number of benzene rings is 1. The molecule has 0 unspecified atom stereocenters. The van der Waals surface area contributed by atoms with Gasteiger partial charge in [-0.05, 0) is 57.9 Å². The van der Waals surface area contributed by atoms with Crippen molar-refractivity contribution in [3.63, 3.8) is 0 Å². The van der Waals surface area contributed by atoms with Crippen LogP contribution in [-0.4, -0.2) is 84.8 Å². The van der Waals surface area contributed by atoms with Gasteiger partial charge >= 0.3 is 6.09 Å². The lowest BCUT2D eigenvalue weighted by atomic mass is 9.80. The number of rotatable bonds is 5. The van der Waals surface area contributed by atoms with Gasteiger partial charge < -0.3 is 15.0 Å². The van der Waals surface area contributed by atoms with Crippen molar-refractivity contribution in [3.8, 4) is 6.19 Å². The molecule has 2 aliphatic rings. The molecular weight excluding hydrogens is 498 g/mol. The first kappa shape index (κ1) is 28.4. The third-order valence-corrected chi connectivity index (χ3v) is 8.48. The molecule has 1 aliphatic heterocycles. The maximum absolute atomic E-state index is 13.1. The Morgan fingerprint density at radius 1 is 1.03 bits per heavy atom. The number of nitrogens with zero attached hydrogens (tertiary/aromatic N) is 4. The highest BCUT2D eigenvalue weighted by atomic mass is 32.2. The third-order valence-electron chi connectivity index (χ3n) is 6.57. The minimum absolute atomic E-state index is 0.0300. The van der Waals surface area contributed by atoms with E-state index in [0.29, 0.717) is 12.8 Å². The lowest BCUT2D eigenvalue weighted by molar-refractivity contribution is -0.135. The number of carbonyl (C=O) groups is 3. The summed E-state index contributed by atoms with van der Waals surface area (Å²) in [6.07, 6.45) is 4.65. The summed E-state index contributed by atoms with van der Waals surface area (Å²) in [5.74, 6) is -0.954. The summed E-state index contributed by atoms with van der Waals surface area (Å²) in [6.45, 7) is 5.99. The van der Waals surface area contributed by atoms with Crippen LogP contribution >= 0.6 is 0 Å². The molecule has 1 N–H and O–H groups in total. The number of nitriles is 1. The number of likely N-dealkylation sites (N-methyl/N-ethyl adjacent to an activating group) is 1. The first-order chi connectivity index (χ1) is 17.3. The Bertz CT molecular complexity index is 1160. The molecular formula is C25H35N5O6S. The van der Waals surface area contributed by atoms with Gasteiger partial charge in [-0.15, -0.1) is 0 Å². The average molecular weight is 534 g/mol. The van der Waals surface area contributed by atoms with Crippen LogP contribution in [0.1, 0.15) is 63.2 Å². The van der Waals surface area contributed by atoms with Gasteiger partial charge in [-0.1, -0.05) is 19.3 Å². The molecule has 202 valence electrons. The number of nitrogens with one attached hydrogen (secondary N) is 1. The van der Waals surface area contributed by atoms with Gasteiger partial charge in [0.2, 0.25) is 10.0 Å². The van der Waals surface area contributed by atoms with Crippen molar-refractivity contribution >= 4 is 27.9 Å². The molecule has 12 heteroatoms. The van der Waals surface area contributed by atoms with Gasteiger partial charge in [0.1, 0.15) is 11.1 Å². The van der Waals surface area contributed by atoms with E-state index in [1.807, 2.05) is 0 Å². The molecule has 1 saturated heterocycles. The number of piperazine rings is 1. The minimum atomic E-state index is -3.83. The van der Waals surface area contributed by atoms with E-state index in [9.17, 15) is 22.8 Å². The Kier molecular flexibility index (Phi) is 8.49. The van der Waals surface area contributed by atoms with Crippen molar-refractivity contribution in [3.05, 3.63) is 29.8 Å². The first-order valence-corrected chi connectivity index (χ1v) is 13.8. The third kappa shape index (κ3) is 6.59. The fraction of sp³-hybridized carbons (Fsp3) is 0.600. The molecule has 0 spiro atoms. The zero-order valence-corrected chi connectivity index (χ0v) is 22.6. The average Bonchev–Trinajstić information content (AvgIpc) is 2.87. The monoisotopic (exact) mass is 533 g/mol. The smallest absolute Gasteiger partial charge is 0.410 e. The van der Waals surface area contributed by atoms with Gasteiger partial charge in [-0.3, -0.25) is 14.5 Å². The topological polar surface area (TPSA) is 140 Å². The van der Waals surface area contributed by atoms with Crippen LogP contribution in [0.4, 0.5) is 4.79 Å². The molecule has 1 aromatic carbocycles. The number of sulfonamides is 1. The Labute approximate surface area is 218 Å². The van der Waals surface area contributed by atoms with Crippen molar-refractivity contribution in [1.29, 1.82) is 5.26 Å². The van der Waals surface area contributed by atoms with Gasteiger partial charge in [0.15, 0.2) is 6.19 Å². The molecule has 3 amide bonds. The number of ether oxygens (including phenoxy) is 1. The second-order valence-electron chi connectivity index (χ2n) is 10.5. The molecule has 1 aliphatic carbocycles. The number of amides is 3. The van der Waals surface area contributed by atoms with Crippen LogP contribution in [0, 0.1) is 11.5 Å². The molecule has 1 saturated carbocycles. The first-order valence-electron chi connectivity index (χ1n) is 12.4. The van der Waals surface area contributed by atoms with E-state index in [0.717, 1.165) is 24.2 Å². The van der Waals surface area contributed by atoms with Crippen LogP contribution < -0.4 is 5.32 Å². The Balaban J connectivity index is 1.68. The predicted octanol–water partition coefficient (Wildman–Crippen LogP) is 2.30. The second-order valence-corrected chi connectivity index (χ2v) is 12.4. The number of carbonyl (C=O) groups excluding carboxylic acids is 3. The standard InChI is InChI=1S/C25H35N5O6S/c1-24(2,3)36-23(33)29-14-16-30(17-15-29)37(34,35)20-10-8-19(9-11-20)21(31)27-25(12-6-5-7-13-25)22(32)28(4)18-26/h8-11H,5-7,12-17H2,1-4H3,(H,27,31). The van der Waals surface area contributed by atoms with E-state index in [4.69, 9.17) is 10.00 Å². The summed E-state index contributed by atoms with van der Waals surface area (Å²) >= 11 is 0. The summed E-state index contributed by atoms with van der Waals surface area (Å²) < 4.78 is 33.0. The maximum Gasteiger partial charge on any atom is 0.410 e. The molecule has 37 heavy (non-hydrogen) atoms. The van der Waals surface area contributed by atoms with Crippen LogP contribution in [-0.2, 0) is 19.6 Å². The van der Waals surface area contributed by atoms with E-state index in [1.165, 1.54) is 40.5 Å². The van der Waals surface area contributed by atoms with Crippen LogP contribution in [0.25, 0.3) is 0 Å². The summed E-state index contributed by atoms with van der Waals surface area (Å²) in [5.41, 5.74) is -1.58. The highest BCUT2D eigenvalue weighted by Gasteiger charge is 2.43. The fourth-order valence-corrected chi connectivity index (χ4v) is 5.99. The molecule has 0 aromatic heterocycles. The zero-order chi connectivity index (χ0) is 27.4. The largest absolute Gasteiger partial charge is 0.444 e. The van der Waals surface area contributed by atoms with E-state index in [-0.39, 0.29) is 36.6 Å². The zero-order valence-electron chi connectivity index (χ0n) is 21.8. The van der Waals surface area contributed by atoms with E-state index < -0.39 is 39.1 Å². The molecule has 0 atom stereocenters. The van der Waals surface area contributed by atoms with Crippen LogP contribution in [0.15, 0.2) is 29.2 Å². The lowest BCUT2D eigenvalue weighted by Gasteiger charge is -2.37. The summed E-state index contributed by atoms with van der Waals surface area (Å²) in [7, 11) is -2.46. The van der Waals surface area contributed by atoms with Crippen molar-refractivity contribution in [1.82, 2.24) is 19.4 Å². The van der Waals surface area contributed by atoms with E-state index in [2.05, 4.69) is 5.32 Å². The van der Waals surface area contributed by atoms with Gasteiger partial charge in [0, 0.05) is 38.8 Å². The molecule has 1 heterocycles. The van der Waals surface area contributed by atoms with Crippen molar-refractivity contribution in [2.75, 3.05) is 33.2 Å². The van der Waals surface area contributed by atoms with Crippen molar-refractivity contribution in [2.45, 2.75) is 68.9 Å². The van der Waals surface area contributed by atoms with E-state index >= 15 is 0 Å². The minimum Gasteiger partial charge on any atom is -0.444 e. The van der Waals surface area contributed by atoms with E-state index in [1.54, 1.807) is 27.0 Å². The molecule has 1 aromatic rings. The summed E-state index contributed by atoms with van der Waals surface area (Å²) in [6, 6.07) is 5.55. The van der Waals surface area contributed by atoms with Crippen LogP contribution in [0.2, 0.25) is 0 Å². The number of hydrogen-bond acceptors (Lipinski definition) is 7. The van der Waals surface area contributed by atoms with Crippen LogP contribution in [0.5, 0.6) is 0 Å². The molecule has 2 fully saturated rings. The van der Waals surface area contributed by atoms with Crippen molar-refractivity contribution in [2.24, 2.45) is 0 Å². The van der Waals surface area contributed by atoms with Gasteiger partial charge in [-0.2, -0.15) is 9.57 Å². The summed E-state index contributed by atoms with van der Waals surface area (Å²) in [4.78, 5) is 40.6. The lowest BCUT2D eigenvalue weighted by Crippen LogP contribution is -2.59. The van der Waals surface area contributed by atoms with Crippen LogP contribution in [0.3, 0.4) is 0 Å². The second kappa shape index (κ2) is 11.1. The molecule has 3 rings (SSSR count). The van der Waals surface area contributed by atoms with Gasteiger partial charge in [-0.25, -0.2) is 13.2 Å². The quantitative estimate of drug-likeness (QED) is 0.452. The Hall–Kier alpha value is -3.17. The van der Waals surface area contributed by atoms with Gasteiger partial charge in [0.25, 0.3) is 11.8 Å². The number of hydrogen-bond donors (Lipinski definition) is 1. The Morgan fingerprint density at radius 3 is 2.11 bits per heavy atom. The predicted molar refractivity (Wildman–Crippen MR) is 135 cm³/mol. The summed E-state index contributed by atoms with van der Waals surface area (Å²) in [5, 5.41) is 12.0. The Morgan fingerprint density at radius 2 is 1.59 bits per heavy atom. The fourth-order valence-electron chi connectivity index (χ4n) is 4.57. The van der Waals surface area contributed by atoms with Gasteiger partial charge in [0.05, 0.1) is 4.90 Å². The highest BCUT2D eigenvalue weighted by Crippen LogP contribution is 2.30.